The Balaban J connectivity index is 1.60. The number of rotatable bonds is 5. The molecule has 0 aliphatic carbocycles. The van der Waals surface area contributed by atoms with Gasteiger partial charge in [-0.15, -0.1) is 11.3 Å². The van der Waals surface area contributed by atoms with Crippen LogP contribution in [0.1, 0.15) is 30.9 Å². The fraction of sp³-hybridized carbons (Fsp3) is 0.450. The molecule has 1 aromatic carbocycles. The molecule has 0 spiro atoms. The quantitative estimate of drug-likeness (QED) is 0.733. The Bertz CT molecular complexity index is 964. The molecule has 152 valence electrons. The number of hydrogen-bond acceptors (Lipinski definition) is 4. The van der Waals surface area contributed by atoms with E-state index in [1.807, 2.05) is 39.0 Å². The first-order valence-corrected chi connectivity index (χ1v) is 12.0. The Hall–Kier alpha value is -1.41. The van der Waals surface area contributed by atoms with Crippen LogP contribution in [0.5, 0.6) is 0 Å². The van der Waals surface area contributed by atoms with Gasteiger partial charge in [0.05, 0.1) is 4.34 Å². The minimum Gasteiger partial charge on any atom is -0.326 e. The number of carbonyl (C=O) groups excluding carboxylic acids is 1. The molecule has 8 heteroatoms. The molecular weight excluding hydrogens is 416 g/mol. The average Bonchev–Trinajstić information content (AvgIpc) is 3.10. The average molecular weight is 441 g/mol. The minimum absolute atomic E-state index is 0.0155. The SMILES string of the molecule is Cc1ccc(NC(=O)[C@@H](C)C2CCN(S(=O)(=O)c3ccc(Cl)s3)CC2)c(C)c1. The van der Waals surface area contributed by atoms with Crippen LogP contribution in [0.15, 0.2) is 34.5 Å². The highest BCUT2D eigenvalue weighted by atomic mass is 35.5. The number of amides is 1. The molecule has 0 saturated carbocycles. The third-order valence-electron chi connectivity index (χ3n) is 5.40. The summed E-state index contributed by atoms with van der Waals surface area (Å²) >= 11 is 6.96. The highest BCUT2D eigenvalue weighted by molar-refractivity contribution is 7.91. The van der Waals surface area contributed by atoms with Crippen LogP contribution in [-0.2, 0) is 14.8 Å². The number of carbonyl (C=O) groups is 1. The zero-order chi connectivity index (χ0) is 20.5. The van der Waals surface area contributed by atoms with Gasteiger partial charge in [0, 0.05) is 24.7 Å². The number of anilines is 1. The molecule has 2 aromatic rings. The predicted molar refractivity (Wildman–Crippen MR) is 115 cm³/mol. The number of sulfonamides is 1. The largest absolute Gasteiger partial charge is 0.326 e. The van der Waals surface area contributed by atoms with E-state index in [1.54, 1.807) is 12.1 Å². The van der Waals surface area contributed by atoms with Crippen molar-refractivity contribution in [1.29, 1.82) is 0 Å². The zero-order valence-corrected chi connectivity index (χ0v) is 18.6. The summed E-state index contributed by atoms with van der Waals surface area (Å²) in [7, 11) is -3.50. The summed E-state index contributed by atoms with van der Waals surface area (Å²) in [6, 6.07) is 9.10. The Morgan fingerprint density at radius 1 is 1.21 bits per heavy atom. The van der Waals surface area contributed by atoms with Crippen molar-refractivity contribution in [3.8, 4) is 0 Å². The molecule has 1 amide bonds. The van der Waals surface area contributed by atoms with E-state index in [0.29, 0.717) is 30.3 Å². The van der Waals surface area contributed by atoms with Gasteiger partial charge in [-0.25, -0.2) is 8.42 Å². The molecule has 1 atom stereocenters. The predicted octanol–water partition coefficient (Wildman–Crippen LogP) is 4.69. The summed E-state index contributed by atoms with van der Waals surface area (Å²) in [5, 5.41) is 3.02. The molecule has 5 nitrogen and oxygen atoms in total. The molecule has 0 radical (unpaired) electrons. The van der Waals surface area contributed by atoms with E-state index in [1.165, 1.54) is 4.31 Å². The highest BCUT2D eigenvalue weighted by Gasteiger charge is 2.34. The molecule has 1 saturated heterocycles. The molecular formula is C20H25ClN2O3S2. The molecule has 1 aromatic heterocycles. The van der Waals surface area contributed by atoms with E-state index in [9.17, 15) is 13.2 Å². The van der Waals surface area contributed by atoms with Crippen molar-refractivity contribution in [3.63, 3.8) is 0 Å². The lowest BCUT2D eigenvalue weighted by molar-refractivity contribution is -0.121. The molecule has 1 aliphatic rings. The van der Waals surface area contributed by atoms with Crippen LogP contribution in [-0.4, -0.2) is 31.7 Å². The number of piperidine rings is 1. The summed E-state index contributed by atoms with van der Waals surface area (Å²) in [5.74, 6) is -0.0378. The van der Waals surface area contributed by atoms with Crippen molar-refractivity contribution in [2.24, 2.45) is 11.8 Å². The van der Waals surface area contributed by atoms with Crippen LogP contribution in [0, 0.1) is 25.7 Å². The third-order valence-corrected chi connectivity index (χ3v) is 9.00. The molecule has 0 unspecified atom stereocenters. The third kappa shape index (κ3) is 4.59. The van der Waals surface area contributed by atoms with Gasteiger partial charge in [0.2, 0.25) is 5.91 Å². The Labute approximate surface area is 175 Å². The van der Waals surface area contributed by atoms with E-state index in [2.05, 4.69) is 5.32 Å². The fourth-order valence-electron chi connectivity index (χ4n) is 3.59. The number of nitrogens with one attached hydrogen (secondary N) is 1. The summed E-state index contributed by atoms with van der Waals surface area (Å²) in [6.07, 6.45) is 1.33. The van der Waals surface area contributed by atoms with Crippen molar-refractivity contribution in [2.45, 2.75) is 37.8 Å². The zero-order valence-electron chi connectivity index (χ0n) is 16.2. The molecule has 1 fully saturated rings. The number of nitrogens with zero attached hydrogens (tertiary/aromatic N) is 1. The van der Waals surface area contributed by atoms with Crippen LogP contribution < -0.4 is 5.32 Å². The molecule has 28 heavy (non-hydrogen) atoms. The number of aryl methyl sites for hydroxylation is 2. The van der Waals surface area contributed by atoms with Gasteiger partial charge in [0.1, 0.15) is 4.21 Å². The number of halogens is 1. The topological polar surface area (TPSA) is 66.5 Å². The van der Waals surface area contributed by atoms with Crippen molar-refractivity contribution >= 4 is 44.6 Å². The maximum absolute atomic E-state index is 12.7. The number of benzene rings is 1. The summed E-state index contributed by atoms with van der Waals surface area (Å²) in [4.78, 5) is 12.7. The molecule has 1 N–H and O–H groups in total. The van der Waals surface area contributed by atoms with Crippen molar-refractivity contribution in [3.05, 3.63) is 45.8 Å². The van der Waals surface area contributed by atoms with Crippen LogP contribution in [0.25, 0.3) is 0 Å². The van der Waals surface area contributed by atoms with E-state index >= 15 is 0 Å². The van der Waals surface area contributed by atoms with E-state index in [-0.39, 0.29) is 22.0 Å². The van der Waals surface area contributed by atoms with Gasteiger partial charge in [-0.1, -0.05) is 36.2 Å². The van der Waals surface area contributed by atoms with E-state index in [0.717, 1.165) is 28.2 Å². The molecule has 2 heterocycles. The van der Waals surface area contributed by atoms with Gasteiger partial charge in [-0.3, -0.25) is 4.79 Å². The Morgan fingerprint density at radius 2 is 1.89 bits per heavy atom. The van der Waals surface area contributed by atoms with Gasteiger partial charge in [-0.2, -0.15) is 4.31 Å². The van der Waals surface area contributed by atoms with Crippen molar-refractivity contribution in [2.75, 3.05) is 18.4 Å². The van der Waals surface area contributed by atoms with Gasteiger partial charge in [0.15, 0.2) is 0 Å². The standard InChI is InChI=1S/C20H25ClN2O3S2/c1-13-4-5-17(14(2)12-13)22-20(24)15(3)16-8-10-23(11-9-16)28(25,26)19-7-6-18(21)27-19/h4-7,12,15-16H,8-11H2,1-3H3,(H,22,24)/t15-/m0/s1. The second-order valence-electron chi connectivity index (χ2n) is 7.40. The first-order valence-electron chi connectivity index (χ1n) is 9.32. The lowest BCUT2D eigenvalue weighted by Crippen LogP contribution is -2.41. The number of thiophene rings is 1. The maximum atomic E-state index is 12.7. The number of hydrogen-bond donors (Lipinski definition) is 1. The Morgan fingerprint density at radius 3 is 2.46 bits per heavy atom. The molecule has 3 rings (SSSR count). The van der Waals surface area contributed by atoms with Crippen molar-refractivity contribution in [1.82, 2.24) is 4.31 Å². The van der Waals surface area contributed by atoms with Gasteiger partial charge < -0.3 is 5.32 Å². The lowest BCUT2D eigenvalue weighted by Gasteiger charge is -2.33. The maximum Gasteiger partial charge on any atom is 0.252 e. The van der Waals surface area contributed by atoms with E-state index in [4.69, 9.17) is 11.6 Å². The van der Waals surface area contributed by atoms with E-state index < -0.39 is 10.0 Å². The minimum atomic E-state index is -3.50. The first-order chi connectivity index (χ1) is 13.2. The molecule has 1 aliphatic heterocycles. The monoisotopic (exact) mass is 440 g/mol. The normalized spacial score (nSPS) is 17.4. The fourth-order valence-corrected chi connectivity index (χ4v) is 6.70. The first kappa shape index (κ1) is 21.3. The van der Waals surface area contributed by atoms with Crippen LogP contribution in [0.3, 0.4) is 0 Å². The second-order valence-corrected chi connectivity index (χ2v) is 11.3. The van der Waals surface area contributed by atoms with Crippen molar-refractivity contribution < 1.29 is 13.2 Å². The highest BCUT2D eigenvalue weighted by Crippen LogP contribution is 2.32. The Kier molecular flexibility index (Phi) is 6.49. The summed E-state index contributed by atoms with van der Waals surface area (Å²) < 4.78 is 27.7. The smallest absolute Gasteiger partial charge is 0.252 e. The van der Waals surface area contributed by atoms with Crippen LogP contribution in [0.4, 0.5) is 5.69 Å². The second kappa shape index (κ2) is 8.53. The summed E-state index contributed by atoms with van der Waals surface area (Å²) in [6.45, 7) is 6.76. The summed E-state index contributed by atoms with van der Waals surface area (Å²) in [5.41, 5.74) is 3.03. The molecule has 0 bridgehead atoms. The van der Waals surface area contributed by atoms with Crippen LogP contribution in [0.2, 0.25) is 4.34 Å². The van der Waals surface area contributed by atoms with Gasteiger partial charge >= 0.3 is 0 Å². The van der Waals surface area contributed by atoms with Crippen LogP contribution >= 0.6 is 22.9 Å². The van der Waals surface area contributed by atoms with Gasteiger partial charge in [-0.05, 0) is 56.4 Å². The van der Waals surface area contributed by atoms with Gasteiger partial charge in [0.25, 0.3) is 10.0 Å². The lowest BCUT2D eigenvalue weighted by atomic mass is 9.85.